The van der Waals surface area contributed by atoms with Gasteiger partial charge in [-0.1, -0.05) is 58.0 Å². The lowest BCUT2D eigenvalue weighted by molar-refractivity contribution is 0.0318. The molecule has 1 aliphatic rings. The molecule has 0 aliphatic carbocycles. The Bertz CT molecular complexity index is 648. The summed E-state index contributed by atoms with van der Waals surface area (Å²) in [4.78, 5) is 0. The van der Waals surface area contributed by atoms with Crippen LogP contribution in [0.3, 0.4) is 0 Å². The predicted molar refractivity (Wildman–Crippen MR) is 98.2 cm³/mol. The number of nitrogens with zero attached hydrogens (tertiary/aromatic N) is 1. The summed E-state index contributed by atoms with van der Waals surface area (Å²) >= 11 is 0. The molecule has 0 radical (unpaired) electrons. The molecule has 24 heavy (non-hydrogen) atoms. The van der Waals surface area contributed by atoms with Crippen LogP contribution < -0.4 is 5.32 Å². The third kappa shape index (κ3) is 3.70. The van der Waals surface area contributed by atoms with E-state index in [2.05, 4.69) is 67.5 Å². The third-order valence-electron chi connectivity index (χ3n) is 4.83. The second-order valence-electron chi connectivity index (χ2n) is 7.44. The molecule has 1 fully saturated rings. The van der Waals surface area contributed by atoms with Crippen molar-refractivity contribution < 1.29 is 4.74 Å². The van der Waals surface area contributed by atoms with Gasteiger partial charge in [-0.15, -0.1) is 0 Å². The maximum absolute atomic E-state index is 5.82. The van der Waals surface area contributed by atoms with Crippen molar-refractivity contribution in [1.29, 1.82) is 0 Å². The summed E-state index contributed by atoms with van der Waals surface area (Å²) in [5, 5.41) is 11.7. The number of ether oxygens (including phenoxy) is 1. The number of hydrogen-bond acceptors (Lipinski definition) is 3. The molecule has 130 valence electrons. The smallest absolute Gasteiger partial charge is 0.0958 e. The Morgan fingerprint density at radius 2 is 1.88 bits per heavy atom. The van der Waals surface area contributed by atoms with Gasteiger partial charge in [0, 0.05) is 35.3 Å². The molecule has 3 rings (SSSR count). The normalized spacial score (nSPS) is 21.6. The molecule has 2 unspecified atom stereocenters. The summed E-state index contributed by atoms with van der Waals surface area (Å²) in [6.45, 7) is 10.5. The van der Waals surface area contributed by atoms with Crippen LogP contribution in [0.1, 0.15) is 44.9 Å². The largest absolute Gasteiger partial charge is 0.378 e. The minimum absolute atomic E-state index is 0.340. The average Bonchev–Trinajstić information content (AvgIpc) is 2.99. The van der Waals surface area contributed by atoms with Gasteiger partial charge in [0.15, 0.2) is 0 Å². The lowest BCUT2D eigenvalue weighted by Crippen LogP contribution is -2.52. The van der Waals surface area contributed by atoms with E-state index in [1.54, 1.807) is 0 Å². The molecule has 2 aromatic rings. The lowest BCUT2D eigenvalue weighted by atomic mass is 9.93. The molecule has 0 saturated carbocycles. The van der Waals surface area contributed by atoms with Crippen molar-refractivity contribution >= 4 is 0 Å². The first kappa shape index (κ1) is 17.2. The van der Waals surface area contributed by atoms with Gasteiger partial charge in [0.25, 0.3) is 0 Å². The number of hydrogen-bond donors (Lipinski definition) is 2. The van der Waals surface area contributed by atoms with E-state index >= 15 is 0 Å². The zero-order valence-electron chi connectivity index (χ0n) is 15.2. The van der Waals surface area contributed by atoms with Gasteiger partial charge in [0.1, 0.15) is 0 Å². The molecule has 1 aliphatic heterocycles. The Morgan fingerprint density at radius 1 is 1.12 bits per heavy atom. The fourth-order valence-electron chi connectivity index (χ4n) is 3.47. The minimum Gasteiger partial charge on any atom is -0.378 e. The number of rotatable bonds is 5. The van der Waals surface area contributed by atoms with Crippen LogP contribution in [0.2, 0.25) is 0 Å². The van der Waals surface area contributed by atoms with Crippen LogP contribution in [0.5, 0.6) is 0 Å². The molecule has 4 nitrogen and oxygen atoms in total. The number of aromatic amines is 1. The van der Waals surface area contributed by atoms with Crippen molar-refractivity contribution in [2.75, 3.05) is 13.2 Å². The van der Waals surface area contributed by atoms with E-state index < -0.39 is 0 Å². The fraction of sp³-hybridized carbons (Fsp3) is 0.550. The minimum atomic E-state index is 0.340. The monoisotopic (exact) mass is 327 g/mol. The van der Waals surface area contributed by atoms with Crippen LogP contribution in [0.25, 0.3) is 11.3 Å². The van der Waals surface area contributed by atoms with Crippen LogP contribution in [0, 0.1) is 5.92 Å². The molecule has 2 atom stereocenters. The second-order valence-corrected chi connectivity index (χ2v) is 7.44. The predicted octanol–water partition coefficient (Wildman–Crippen LogP) is 3.76. The van der Waals surface area contributed by atoms with E-state index in [0.29, 0.717) is 23.9 Å². The Morgan fingerprint density at radius 3 is 2.54 bits per heavy atom. The van der Waals surface area contributed by atoms with E-state index in [1.807, 2.05) is 6.07 Å². The first-order chi connectivity index (χ1) is 11.6. The molecule has 0 spiro atoms. The lowest BCUT2D eigenvalue weighted by Gasteiger charge is -2.33. The van der Waals surface area contributed by atoms with Crippen LogP contribution in [-0.4, -0.2) is 35.5 Å². The van der Waals surface area contributed by atoms with Crippen molar-refractivity contribution in [3.05, 3.63) is 41.6 Å². The zero-order chi connectivity index (χ0) is 17.1. The van der Waals surface area contributed by atoms with E-state index in [4.69, 9.17) is 4.74 Å². The second kappa shape index (κ2) is 7.49. The van der Waals surface area contributed by atoms with Gasteiger partial charge < -0.3 is 10.1 Å². The summed E-state index contributed by atoms with van der Waals surface area (Å²) in [5.41, 5.74) is 4.82. The zero-order valence-corrected chi connectivity index (χ0v) is 15.2. The molecule has 1 aromatic carbocycles. The van der Waals surface area contributed by atoms with Crippen LogP contribution in [-0.2, 0) is 11.2 Å². The molecule has 2 N–H and O–H groups in total. The van der Waals surface area contributed by atoms with E-state index in [-0.39, 0.29) is 0 Å². The van der Waals surface area contributed by atoms with Crippen molar-refractivity contribution in [3.63, 3.8) is 0 Å². The molecule has 0 bridgehead atoms. The van der Waals surface area contributed by atoms with Crippen LogP contribution in [0.15, 0.2) is 30.3 Å². The Labute approximate surface area is 145 Å². The molecule has 1 saturated heterocycles. The maximum Gasteiger partial charge on any atom is 0.0958 e. The van der Waals surface area contributed by atoms with Gasteiger partial charge in [-0.05, 0) is 11.8 Å². The van der Waals surface area contributed by atoms with Crippen LogP contribution >= 0.6 is 0 Å². The Hall–Kier alpha value is -1.65. The molecule has 2 heterocycles. The number of morpholine rings is 1. The van der Waals surface area contributed by atoms with Crippen molar-refractivity contribution in [1.82, 2.24) is 15.5 Å². The van der Waals surface area contributed by atoms with Gasteiger partial charge in [-0.2, -0.15) is 5.10 Å². The first-order valence-corrected chi connectivity index (χ1v) is 9.02. The molecule has 1 aromatic heterocycles. The summed E-state index contributed by atoms with van der Waals surface area (Å²) in [6, 6.07) is 11.2. The molecule has 4 heteroatoms. The standard InChI is InChI=1S/C20H29N3O/c1-13(2)18-12-24-11-16(21-18)10-17-19(14(3)4)20(23-22-17)15-8-6-5-7-9-15/h5-9,13-14,16,18,21H,10-12H2,1-4H3,(H,22,23). The highest BCUT2D eigenvalue weighted by Crippen LogP contribution is 2.30. The summed E-state index contributed by atoms with van der Waals surface area (Å²) in [7, 11) is 0. The number of H-pyrrole nitrogens is 1. The molecular formula is C20H29N3O. The number of aromatic nitrogens is 2. The third-order valence-corrected chi connectivity index (χ3v) is 4.83. The summed E-state index contributed by atoms with van der Waals surface area (Å²) in [5.74, 6) is 1.01. The SMILES string of the molecule is CC(C)c1c(-c2ccccc2)n[nH]c1CC1COCC(C(C)C)N1. The van der Waals surface area contributed by atoms with E-state index in [9.17, 15) is 0 Å². The van der Waals surface area contributed by atoms with Crippen molar-refractivity contribution in [3.8, 4) is 11.3 Å². The first-order valence-electron chi connectivity index (χ1n) is 9.02. The van der Waals surface area contributed by atoms with Gasteiger partial charge in [0.05, 0.1) is 18.9 Å². The van der Waals surface area contributed by atoms with Gasteiger partial charge in [-0.3, -0.25) is 5.10 Å². The maximum atomic E-state index is 5.82. The highest BCUT2D eigenvalue weighted by atomic mass is 16.5. The average molecular weight is 327 g/mol. The van der Waals surface area contributed by atoms with Gasteiger partial charge in [0.2, 0.25) is 0 Å². The van der Waals surface area contributed by atoms with Gasteiger partial charge in [-0.25, -0.2) is 0 Å². The van der Waals surface area contributed by atoms with E-state index in [1.165, 1.54) is 16.8 Å². The molecular weight excluding hydrogens is 298 g/mol. The summed E-state index contributed by atoms with van der Waals surface area (Å²) in [6.07, 6.45) is 0.927. The van der Waals surface area contributed by atoms with Gasteiger partial charge >= 0.3 is 0 Å². The van der Waals surface area contributed by atoms with Crippen molar-refractivity contribution in [2.45, 2.75) is 52.1 Å². The Kier molecular flexibility index (Phi) is 5.36. The quantitative estimate of drug-likeness (QED) is 0.879. The Balaban J connectivity index is 1.82. The highest BCUT2D eigenvalue weighted by Gasteiger charge is 2.26. The fourth-order valence-corrected chi connectivity index (χ4v) is 3.47. The highest BCUT2D eigenvalue weighted by molar-refractivity contribution is 5.64. The molecule has 0 amide bonds. The summed E-state index contributed by atoms with van der Waals surface area (Å²) < 4.78 is 5.82. The van der Waals surface area contributed by atoms with E-state index in [0.717, 1.165) is 25.3 Å². The van der Waals surface area contributed by atoms with Crippen molar-refractivity contribution in [2.24, 2.45) is 5.92 Å². The number of nitrogens with one attached hydrogen (secondary N) is 2. The van der Waals surface area contributed by atoms with Crippen LogP contribution in [0.4, 0.5) is 0 Å². The topological polar surface area (TPSA) is 49.9 Å². The number of benzene rings is 1.